The van der Waals surface area contributed by atoms with Crippen LogP contribution in [0.4, 0.5) is 0 Å². The molecule has 2 atom stereocenters. The van der Waals surface area contributed by atoms with Gasteiger partial charge in [-0.1, -0.05) is 12.1 Å². The summed E-state index contributed by atoms with van der Waals surface area (Å²) in [6.45, 7) is 1.70. The number of hydrogen-bond donors (Lipinski definition) is 3. The van der Waals surface area contributed by atoms with Crippen LogP contribution in [-0.4, -0.2) is 47.0 Å². The smallest absolute Gasteiger partial charge is 0.335 e. The normalized spacial score (nSPS) is 17.8. The van der Waals surface area contributed by atoms with Gasteiger partial charge in [0, 0.05) is 36.6 Å². The van der Waals surface area contributed by atoms with Crippen LogP contribution >= 0.6 is 0 Å². The van der Waals surface area contributed by atoms with Gasteiger partial charge in [0.1, 0.15) is 17.6 Å². The highest BCUT2D eigenvalue weighted by Crippen LogP contribution is 2.37. The Kier molecular flexibility index (Phi) is 6.97. The molecule has 2 aromatic carbocycles. The molecule has 182 valence electrons. The summed E-state index contributed by atoms with van der Waals surface area (Å²) in [7, 11) is 0. The van der Waals surface area contributed by atoms with Gasteiger partial charge >= 0.3 is 5.97 Å². The van der Waals surface area contributed by atoms with Crippen LogP contribution in [-0.2, 0) is 6.42 Å². The van der Waals surface area contributed by atoms with Crippen molar-refractivity contribution < 1.29 is 24.5 Å². The number of carboxylic acid groups (broad SMARTS) is 1. The lowest BCUT2D eigenvalue weighted by atomic mass is 9.96. The van der Waals surface area contributed by atoms with E-state index in [1.165, 1.54) is 12.8 Å². The molecule has 1 aliphatic heterocycles. The maximum absolute atomic E-state index is 11.5. The molecule has 2 heterocycles. The number of aryl methyl sites for hydroxylation is 1. The number of nitrogens with zero attached hydrogens (tertiary/aromatic N) is 1. The van der Waals surface area contributed by atoms with Crippen molar-refractivity contribution >= 4 is 5.97 Å². The highest BCUT2D eigenvalue weighted by molar-refractivity contribution is 5.89. The molecule has 5 rings (SSSR count). The Morgan fingerprint density at radius 1 is 1.17 bits per heavy atom. The Hall–Kier alpha value is -3.42. The van der Waals surface area contributed by atoms with Crippen molar-refractivity contribution in [2.45, 2.75) is 37.9 Å². The van der Waals surface area contributed by atoms with E-state index in [4.69, 9.17) is 9.47 Å². The van der Waals surface area contributed by atoms with Crippen LogP contribution in [0.3, 0.4) is 0 Å². The number of benzene rings is 2. The van der Waals surface area contributed by atoms with E-state index in [2.05, 4.69) is 16.4 Å². The van der Waals surface area contributed by atoms with Gasteiger partial charge in [-0.25, -0.2) is 4.79 Å². The molecule has 3 N–H and O–H groups in total. The molecule has 1 aliphatic carbocycles. The zero-order valence-electron chi connectivity index (χ0n) is 19.5. The topological polar surface area (TPSA) is 101 Å². The number of hydrogen-bond acceptors (Lipinski definition) is 6. The quantitative estimate of drug-likeness (QED) is 0.404. The van der Waals surface area contributed by atoms with Crippen molar-refractivity contribution in [3.05, 3.63) is 77.6 Å². The lowest BCUT2D eigenvalue weighted by molar-refractivity contribution is 0.0696. The average molecular weight is 475 g/mol. The minimum atomic E-state index is -0.959. The van der Waals surface area contributed by atoms with Crippen LogP contribution < -0.4 is 14.8 Å². The average Bonchev–Trinajstić information content (AvgIpc) is 3.72. The fourth-order valence-electron chi connectivity index (χ4n) is 4.33. The van der Waals surface area contributed by atoms with Gasteiger partial charge in [-0.3, -0.25) is 4.98 Å². The van der Waals surface area contributed by atoms with E-state index in [-0.39, 0.29) is 11.7 Å². The predicted octanol–water partition coefficient (Wildman–Crippen LogP) is 4.25. The number of aromatic nitrogens is 1. The second-order valence-corrected chi connectivity index (χ2v) is 9.33. The number of pyridine rings is 1. The first-order valence-electron chi connectivity index (χ1n) is 12.2. The van der Waals surface area contributed by atoms with Crippen LogP contribution in [0.2, 0.25) is 0 Å². The van der Waals surface area contributed by atoms with Gasteiger partial charge in [-0.2, -0.15) is 0 Å². The molecule has 2 aliphatic rings. The van der Waals surface area contributed by atoms with Crippen molar-refractivity contribution in [2.75, 3.05) is 19.7 Å². The number of carbonyl (C=O) groups is 1. The Bertz CT molecular complexity index is 1180. The first kappa shape index (κ1) is 23.3. The van der Waals surface area contributed by atoms with Gasteiger partial charge in [0.2, 0.25) is 0 Å². The molecule has 1 saturated carbocycles. The van der Waals surface area contributed by atoms with Crippen molar-refractivity contribution in [1.29, 1.82) is 0 Å². The molecule has 7 heteroatoms. The first-order chi connectivity index (χ1) is 17.1. The molecule has 7 nitrogen and oxygen atoms in total. The number of aliphatic hydroxyl groups is 1. The molecule has 0 unspecified atom stereocenters. The van der Waals surface area contributed by atoms with Crippen LogP contribution in [0.25, 0.3) is 11.1 Å². The van der Waals surface area contributed by atoms with Crippen LogP contribution in [0.5, 0.6) is 11.5 Å². The number of rotatable bonds is 10. The first-order valence-corrected chi connectivity index (χ1v) is 12.2. The molecule has 35 heavy (non-hydrogen) atoms. The third kappa shape index (κ3) is 5.81. The summed E-state index contributed by atoms with van der Waals surface area (Å²) in [5.74, 6) is 1.09. The molecule has 0 spiro atoms. The van der Waals surface area contributed by atoms with Gasteiger partial charge in [0.05, 0.1) is 18.3 Å². The highest BCUT2D eigenvalue weighted by atomic mass is 16.5. The van der Waals surface area contributed by atoms with E-state index in [9.17, 15) is 15.0 Å². The van der Waals surface area contributed by atoms with E-state index in [0.29, 0.717) is 31.4 Å². The molecular formula is C28H30N2O5. The number of fused-ring (bicyclic) bond motifs is 1. The standard InChI is InChI=1S/C28H30N2O5/c31-25(22-2-1-11-29-14-22)16-30-15-23-8-5-20-12-19(7-10-26(20)35-23)24-9-6-21(28(32)33)13-27(24)34-17-18-3-4-18/h1-2,6-7,9-14,18,23,25,30-31H,3-5,8,15-17H2,(H,32,33)/t23-,25+/m1/s1. The molecule has 0 radical (unpaired) electrons. The Labute approximate surface area is 204 Å². The van der Waals surface area contributed by atoms with E-state index >= 15 is 0 Å². The van der Waals surface area contributed by atoms with Crippen molar-refractivity contribution in [2.24, 2.45) is 5.92 Å². The second kappa shape index (κ2) is 10.5. The molecule has 3 aromatic rings. The summed E-state index contributed by atoms with van der Waals surface area (Å²) in [5, 5.41) is 23.0. The van der Waals surface area contributed by atoms with E-state index in [0.717, 1.165) is 40.8 Å². The minimum Gasteiger partial charge on any atom is -0.493 e. The zero-order chi connectivity index (χ0) is 24.2. The summed E-state index contributed by atoms with van der Waals surface area (Å²) >= 11 is 0. The fourth-order valence-corrected chi connectivity index (χ4v) is 4.33. The maximum atomic E-state index is 11.5. The lowest BCUT2D eigenvalue weighted by Crippen LogP contribution is -2.36. The molecule has 0 saturated heterocycles. The summed E-state index contributed by atoms with van der Waals surface area (Å²) in [4.78, 5) is 15.5. The number of aliphatic hydroxyl groups excluding tert-OH is 1. The fraction of sp³-hybridized carbons (Fsp3) is 0.357. The summed E-state index contributed by atoms with van der Waals surface area (Å²) in [6.07, 6.45) is 6.88. The lowest BCUT2D eigenvalue weighted by Gasteiger charge is -2.27. The van der Waals surface area contributed by atoms with Crippen LogP contribution in [0, 0.1) is 5.92 Å². The highest BCUT2D eigenvalue weighted by Gasteiger charge is 2.24. The van der Waals surface area contributed by atoms with Gasteiger partial charge in [0.25, 0.3) is 0 Å². The van der Waals surface area contributed by atoms with Gasteiger partial charge in [-0.05, 0) is 79.1 Å². The zero-order valence-corrected chi connectivity index (χ0v) is 19.5. The van der Waals surface area contributed by atoms with Crippen molar-refractivity contribution in [3.63, 3.8) is 0 Å². The Morgan fingerprint density at radius 2 is 2.06 bits per heavy atom. The van der Waals surface area contributed by atoms with Gasteiger partial charge in [-0.15, -0.1) is 0 Å². The number of nitrogens with one attached hydrogen (secondary N) is 1. The van der Waals surface area contributed by atoms with E-state index < -0.39 is 12.1 Å². The number of carboxylic acids is 1. The summed E-state index contributed by atoms with van der Waals surface area (Å²) < 4.78 is 12.2. The molecule has 0 bridgehead atoms. The predicted molar refractivity (Wildman–Crippen MR) is 132 cm³/mol. The number of ether oxygens (including phenoxy) is 2. The van der Waals surface area contributed by atoms with Crippen LogP contribution in [0.15, 0.2) is 60.9 Å². The molecule has 1 aromatic heterocycles. The van der Waals surface area contributed by atoms with E-state index in [1.54, 1.807) is 24.5 Å². The maximum Gasteiger partial charge on any atom is 0.335 e. The molecular weight excluding hydrogens is 444 g/mol. The second-order valence-electron chi connectivity index (χ2n) is 9.33. The van der Waals surface area contributed by atoms with E-state index in [1.807, 2.05) is 30.3 Å². The number of aromatic carboxylic acids is 1. The third-order valence-electron chi connectivity index (χ3n) is 6.58. The Morgan fingerprint density at radius 3 is 2.83 bits per heavy atom. The SMILES string of the molecule is O=C(O)c1ccc(-c2ccc3c(c2)CC[C@H](CNC[C@H](O)c2cccnc2)O3)c(OCC2CC2)c1. The summed E-state index contributed by atoms with van der Waals surface area (Å²) in [6, 6.07) is 14.9. The van der Waals surface area contributed by atoms with Crippen molar-refractivity contribution in [3.8, 4) is 22.6 Å². The minimum absolute atomic E-state index is 0.0294. The third-order valence-corrected chi connectivity index (χ3v) is 6.58. The molecule has 1 fully saturated rings. The van der Waals surface area contributed by atoms with Gasteiger partial charge < -0.3 is 25.0 Å². The molecule has 0 amide bonds. The largest absolute Gasteiger partial charge is 0.493 e. The summed E-state index contributed by atoms with van der Waals surface area (Å²) in [5.41, 5.74) is 4.03. The Balaban J connectivity index is 1.23. The van der Waals surface area contributed by atoms with Gasteiger partial charge in [0.15, 0.2) is 0 Å². The monoisotopic (exact) mass is 474 g/mol. The van der Waals surface area contributed by atoms with Crippen molar-refractivity contribution in [1.82, 2.24) is 10.3 Å². The van der Waals surface area contributed by atoms with Crippen LogP contribution in [0.1, 0.15) is 46.9 Å².